The number of hydrogen-bond acceptors (Lipinski definition) is 6. The number of nitrogens with zero attached hydrogens (tertiary/aromatic N) is 2. The minimum absolute atomic E-state index is 0.0928. The number of unbranched alkanes of at least 4 members (excludes halogenated alkanes) is 8. The summed E-state index contributed by atoms with van der Waals surface area (Å²) >= 11 is 1.86. The van der Waals surface area contributed by atoms with Gasteiger partial charge in [-0.3, -0.25) is 9.69 Å². The van der Waals surface area contributed by atoms with Gasteiger partial charge in [0.05, 0.1) is 6.04 Å². The topological polar surface area (TPSA) is 52.7 Å². The van der Waals surface area contributed by atoms with Gasteiger partial charge in [0.15, 0.2) is 0 Å². The summed E-state index contributed by atoms with van der Waals surface area (Å²) in [5, 5.41) is 3.42. The Hall–Kier alpha value is -1.21. The van der Waals surface area contributed by atoms with Gasteiger partial charge in [-0.05, 0) is 50.2 Å². The van der Waals surface area contributed by atoms with Crippen molar-refractivity contribution in [1.82, 2.24) is 15.1 Å². The first-order chi connectivity index (χ1) is 17.2. The Labute approximate surface area is 218 Å². The summed E-state index contributed by atoms with van der Waals surface area (Å²) in [4.78, 5) is 29.0. The quantitative estimate of drug-likeness (QED) is 0.138. The maximum absolute atomic E-state index is 11.7. The molecule has 35 heavy (non-hydrogen) atoms. The Kier molecular flexibility index (Phi) is 16.3. The fourth-order valence-corrected chi connectivity index (χ4v) is 5.94. The van der Waals surface area contributed by atoms with E-state index in [-0.39, 0.29) is 6.04 Å². The summed E-state index contributed by atoms with van der Waals surface area (Å²) in [6.07, 6.45) is 15.8. The summed E-state index contributed by atoms with van der Waals surface area (Å²) < 4.78 is 0. The molecule has 198 valence electrons. The molecule has 0 amide bonds. The van der Waals surface area contributed by atoms with E-state index in [4.69, 9.17) is 0 Å². The van der Waals surface area contributed by atoms with Gasteiger partial charge >= 0.3 is 0 Å². The number of likely N-dealkylation sites (N-methyl/N-ethyl adjacent to an activating group) is 1. The second kappa shape index (κ2) is 19.0. The molecule has 1 aliphatic rings. The van der Waals surface area contributed by atoms with Crippen molar-refractivity contribution in [3.63, 3.8) is 0 Å². The Morgan fingerprint density at radius 1 is 1.00 bits per heavy atom. The largest absolute Gasteiger partial charge is 0.314 e. The lowest BCUT2D eigenvalue weighted by molar-refractivity contribution is -0.112. The van der Waals surface area contributed by atoms with Gasteiger partial charge in [-0.25, -0.2) is 0 Å². The third-order valence-electron chi connectivity index (χ3n) is 7.10. The standard InChI is InChI=1S/C29H49N3O2S/c1-3-14-27(25-34)31(2)23-28-26(24-33)15-13-16-29(28)35-22-12-10-8-6-4-5-7-9-11-19-32-20-17-30-18-21-32/h13,15-16,24-25,27,30H,3-12,14,17-23H2,1-2H3. The van der Waals surface area contributed by atoms with Gasteiger partial charge < -0.3 is 15.0 Å². The third-order valence-corrected chi connectivity index (χ3v) is 8.28. The van der Waals surface area contributed by atoms with Crippen molar-refractivity contribution >= 4 is 24.3 Å². The van der Waals surface area contributed by atoms with Crippen molar-refractivity contribution in [2.45, 2.75) is 95.0 Å². The van der Waals surface area contributed by atoms with Crippen LogP contribution >= 0.6 is 11.8 Å². The molecule has 1 aromatic carbocycles. The first kappa shape index (κ1) is 30.0. The molecular weight excluding hydrogens is 454 g/mol. The Morgan fingerprint density at radius 3 is 2.29 bits per heavy atom. The SMILES string of the molecule is CCCC(C=O)N(C)Cc1c(C=O)cccc1SCCCCCCCCCCCN1CCNCC1. The van der Waals surface area contributed by atoms with Crippen molar-refractivity contribution in [2.24, 2.45) is 0 Å². The predicted molar refractivity (Wildman–Crippen MR) is 150 cm³/mol. The molecule has 6 heteroatoms. The highest BCUT2D eigenvalue weighted by Gasteiger charge is 2.17. The van der Waals surface area contributed by atoms with E-state index in [1.807, 2.05) is 30.9 Å². The number of thioether (sulfide) groups is 1. The minimum atomic E-state index is -0.0928. The van der Waals surface area contributed by atoms with E-state index in [1.54, 1.807) is 0 Å². The van der Waals surface area contributed by atoms with Gasteiger partial charge in [0, 0.05) is 43.2 Å². The molecule has 0 aliphatic carbocycles. The summed E-state index contributed by atoms with van der Waals surface area (Å²) in [6.45, 7) is 8.77. The van der Waals surface area contributed by atoms with Gasteiger partial charge in [0.25, 0.3) is 0 Å². The summed E-state index contributed by atoms with van der Waals surface area (Å²) in [5.41, 5.74) is 1.81. The van der Waals surface area contributed by atoms with Crippen molar-refractivity contribution < 1.29 is 9.59 Å². The van der Waals surface area contributed by atoms with Crippen molar-refractivity contribution in [1.29, 1.82) is 0 Å². The van der Waals surface area contributed by atoms with Gasteiger partial charge in [0.1, 0.15) is 12.6 Å². The van der Waals surface area contributed by atoms with E-state index < -0.39 is 0 Å². The number of carbonyl (C=O) groups excluding carboxylic acids is 2. The molecule has 0 aromatic heterocycles. The normalized spacial score (nSPS) is 15.4. The van der Waals surface area contributed by atoms with Crippen LogP contribution < -0.4 is 5.32 Å². The van der Waals surface area contributed by atoms with Crippen LogP contribution in [0.4, 0.5) is 0 Å². The zero-order valence-corrected chi connectivity index (χ0v) is 23.1. The maximum atomic E-state index is 11.7. The zero-order chi connectivity index (χ0) is 25.1. The van der Waals surface area contributed by atoms with Gasteiger partial charge in [-0.2, -0.15) is 0 Å². The Morgan fingerprint density at radius 2 is 1.66 bits per heavy atom. The molecule has 1 atom stereocenters. The second-order valence-electron chi connectivity index (χ2n) is 9.97. The van der Waals surface area contributed by atoms with E-state index in [0.717, 1.165) is 55.4 Å². The highest BCUT2D eigenvalue weighted by Crippen LogP contribution is 2.28. The smallest absolute Gasteiger partial charge is 0.150 e. The fourth-order valence-electron chi connectivity index (χ4n) is 4.84. The molecular formula is C29H49N3O2S. The van der Waals surface area contributed by atoms with Crippen LogP contribution in [0.3, 0.4) is 0 Å². The average Bonchev–Trinajstić information content (AvgIpc) is 2.89. The number of benzene rings is 1. The Bertz CT molecular complexity index is 709. The number of aldehydes is 2. The van der Waals surface area contributed by atoms with Crippen LogP contribution in [-0.4, -0.2) is 73.9 Å². The van der Waals surface area contributed by atoms with Gasteiger partial charge in [0.2, 0.25) is 0 Å². The third kappa shape index (κ3) is 12.1. The van der Waals surface area contributed by atoms with Crippen LogP contribution in [0.15, 0.2) is 23.1 Å². The lowest BCUT2D eigenvalue weighted by Crippen LogP contribution is -2.43. The van der Waals surface area contributed by atoms with Crippen LogP contribution in [0.2, 0.25) is 0 Å². The number of carbonyl (C=O) groups is 2. The predicted octanol–water partition coefficient (Wildman–Crippen LogP) is 5.81. The monoisotopic (exact) mass is 503 g/mol. The lowest BCUT2D eigenvalue weighted by Gasteiger charge is -2.27. The molecule has 1 heterocycles. The van der Waals surface area contributed by atoms with E-state index in [2.05, 4.69) is 28.1 Å². The number of hydrogen-bond donors (Lipinski definition) is 1. The van der Waals surface area contributed by atoms with Crippen molar-refractivity contribution in [3.8, 4) is 0 Å². The molecule has 1 fully saturated rings. The van der Waals surface area contributed by atoms with Gasteiger partial charge in [-0.1, -0.05) is 70.4 Å². The van der Waals surface area contributed by atoms with E-state index >= 15 is 0 Å². The number of rotatable bonds is 20. The van der Waals surface area contributed by atoms with Crippen molar-refractivity contribution in [3.05, 3.63) is 29.3 Å². The maximum Gasteiger partial charge on any atom is 0.150 e. The molecule has 0 saturated carbocycles. The molecule has 2 rings (SSSR count). The van der Waals surface area contributed by atoms with E-state index in [1.165, 1.54) is 82.3 Å². The number of piperazine rings is 1. The second-order valence-corrected chi connectivity index (χ2v) is 11.1. The zero-order valence-electron chi connectivity index (χ0n) is 22.3. The molecule has 5 nitrogen and oxygen atoms in total. The van der Waals surface area contributed by atoms with Gasteiger partial charge in [-0.15, -0.1) is 11.8 Å². The minimum Gasteiger partial charge on any atom is -0.314 e. The first-order valence-electron chi connectivity index (χ1n) is 14.0. The first-order valence-corrected chi connectivity index (χ1v) is 15.0. The summed E-state index contributed by atoms with van der Waals surface area (Å²) in [6, 6.07) is 5.90. The lowest BCUT2D eigenvalue weighted by atomic mass is 10.1. The molecule has 0 bridgehead atoms. The van der Waals surface area contributed by atoms with E-state index in [0.29, 0.717) is 6.54 Å². The van der Waals surface area contributed by atoms with Crippen molar-refractivity contribution in [2.75, 3.05) is 45.5 Å². The van der Waals surface area contributed by atoms with Crippen LogP contribution in [0.1, 0.15) is 93.5 Å². The molecule has 1 aliphatic heterocycles. The average molecular weight is 504 g/mol. The molecule has 1 unspecified atom stereocenters. The summed E-state index contributed by atoms with van der Waals surface area (Å²) in [7, 11) is 1.98. The molecule has 1 saturated heterocycles. The van der Waals surface area contributed by atoms with Crippen LogP contribution in [0, 0.1) is 0 Å². The fraction of sp³-hybridized carbons (Fsp3) is 0.724. The summed E-state index contributed by atoms with van der Waals surface area (Å²) in [5.74, 6) is 1.08. The van der Waals surface area contributed by atoms with Crippen LogP contribution in [0.5, 0.6) is 0 Å². The van der Waals surface area contributed by atoms with Crippen LogP contribution in [-0.2, 0) is 11.3 Å². The van der Waals surface area contributed by atoms with Crippen LogP contribution in [0.25, 0.3) is 0 Å². The molecule has 0 radical (unpaired) electrons. The molecule has 1 N–H and O–H groups in total. The Balaban J connectivity index is 1.58. The van der Waals surface area contributed by atoms with E-state index in [9.17, 15) is 9.59 Å². The molecule has 1 aromatic rings. The number of nitrogens with one attached hydrogen (secondary N) is 1. The highest BCUT2D eigenvalue weighted by atomic mass is 32.2. The molecule has 0 spiro atoms. The highest BCUT2D eigenvalue weighted by molar-refractivity contribution is 7.99.